The van der Waals surface area contributed by atoms with Crippen molar-refractivity contribution in [3.8, 4) is 22.0 Å². The second kappa shape index (κ2) is 6.85. The minimum Gasteiger partial charge on any atom is -0.377 e. The maximum absolute atomic E-state index is 13.2. The quantitative estimate of drug-likeness (QED) is 0.659. The fraction of sp³-hybridized carbons (Fsp3) is 0.350. The summed E-state index contributed by atoms with van der Waals surface area (Å²) in [5, 5.41) is 4.30. The van der Waals surface area contributed by atoms with E-state index in [2.05, 4.69) is 19.5 Å². The fourth-order valence-corrected chi connectivity index (χ4v) is 4.70. The highest BCUT2D eigenvalue weighted by Crippen LogP contribution is 2.42. The van der Waals surface area contributed by atoms with Crippen LogP contribution in [0.15, 0.2) is 36.5 Å². The van der Waals surface area contributed by atoms with Crippen LogP contribution < -0.4 is 9.80 Å². The lowest BCUT2D eigenvalue weighted by molar-refractivity contribution is -0.128. The van der Waals surface area contributed by atoms with Crippen LogP contribution in [0.3, 0.4) is 0 Å². The zero-order valence-corrected chi connectivity index (χ0v) is 17.0. The topological polar surface area (TPSA) is 84.3 Å². The molecule has 0 radical (unpaired) electrons. The van der Waals surface area contributed by atoms with Crippen LogP contribution in [0.25, 0.3) is 22.0 Å². The van der Waals surface area contributed by atoms with Gasteiger partial charge in [-0.05, 0) is 18.0 Å². The standard InChI is InChI=1S/C20H20N6O2S/c1-3-20-12-28-10-9-26(20)18-14(25(2)19(20)27)11-21-17(22-18)16-15(23-24-29-16)13-7-5-4-6-8-13/h4-8,11H,3,9-10,12H2,1-2H3/t20-/m1/s1. The normalized spacial score (nSPS) is 21.1. The van der Waals surface area contributed by atoms with Crippen LogP contribution in [-0.2, 0) is 9.53 Å². The molecule has 0 N–H and O–H groups in total. The number of carbonyl (C=O) groups is 1. The summed E-state index contributed by atoms with van der Waals surface area (Å²) in [6.45, 7) is 3.56. The molecule has 148 valence electrons. The van der Waals surface area contributed by atoms with E-state index in [1.54, 1.807) is 18.1 Å². The molecule has 5 rings (SSSR count). The van der Waals surface area contributed by atoms with E-state index in [0.717, 1.165) is 22.0 Å². The van der Waals surface area contributed by atoms with Crippen molar-refractivity contribution in [2.45, 2.75) is 18.9 Å². The van der Waals surface area contributed by atoms with E-state index < -0.39 is 5.54 Å². The molecule has 0 spiro atoms. The third-order valence-electron chi connectivity index (χ3n) is 5.71. The van der Waals surface area contributed by atoms with Gasteiger partial charge < -0.3 is 14.5 Å². The Hall–Kier alpha value is -2.91. The van der Waals surface area contributed by atoms with Gasteiger partial charge in [-0.3, -0.25) is 4.79 Å². The highest BCUT2D eigenvalue weighted by atomic mass is 32.1. The summed E-state index contributed by atoms with van der Waals surface area (Å²) in [4.78, 5) is 27.2. The van der Waals surface area contributed by atoms with Crippen LogP contribution in [0.1, 0.15) is 13.3 Å². The van der Waals surface area contributed by atoms with Gasteiger partial charge in [0, 0.05) is 19.2 Å². The van der Waals surface area contributed by atoms with Gasteiger partial charge >= 0.3 is 0 Å². The molecular formula is C20H20N6O2S. The molecule has 29 heavy (non-hydrogen) atoms. The van der Waals surface area contributed by atoms with Crippen LogP contribution >= 0.6 is 11.5 Å². The molecule has 1 amide bonds. The molecule has 1 atom stereocenters. The lowest BCUT2D eigenvalue weighted by Crippen LogP contribution is -2.68. The highest BCUT2D eigenvalue weighted by molar-refractivity contribution is 7.09. The van der Waals surface area contributed by atoms with Crippen molar-refractivity contribution < 1.29 is 9.53 Å². The monoisotopic (exact) mass is 408 g/mol. The lowest BCUT2D eigenvalue weighted by atomic mass is 9.89. The SMILES string of the molecule is CC[C@]12COCCN1c1nc(-c3snnc3-c3ccccc3)ncc1N(C)C2=O. The van der Waals surface area contributed by atoms with E-state index in [9.17, 15) is 4.79 Å². The largest absolute Gasteiger partial charge is 0.377 e. The van der Waals surface area contributed by atoms with E-state index in [1.807, 2.05) is 37.3 Å². The van der Waals surface area contributed by atoms with Gasteiger partial charge in [-0.25, -0.2) is 9.97 Å². The van der Waals surface area contributed by atoms with Crippen molar-refractivity contribution in [1.82, 2.24) is 19.6 Å². The van der Waals surface area contributed by atoms with E-state index >= 15 is 0 Å². The minimum atomic E-state index is -0.722. The predicted octanol–water partition coefficient (Wildman–Crippen LogP) is 2.62. The number of anilines is 2. The minimum absolute atomic E-state index is 0.0213. The number of aromatic nitrogens is 4. The summed E-state index contributed by atoms with van der Waals surface area (Å²) in [5.41, 5.74) is 1.72. The number of hydrogen-bond acceptors (Lipinski definition) is 8. The molecule has 0 aliphatic carbocycles. The van der Waals surface area contributed by atoms with Gasteiger partial charge in [0.2, 0.25) is 0 Å². The van der Waals surface area contributed by atoms with Gasteiger partial charge in [0.15, 0.2) is 11.6 Å². The number of fused-ring (bicyclic) bond motifs is 3. The third kappa shape index (κ3) is 2.65. The Kier molecular flexibility index (Phi) is 4.29. The van der Waals surface area contributed by atoms with E-state index in [4.69, 9.17) is 9.72 Å². The summed E-state index contributed by atoms with van der Waals surface area (Å²) in [6, 6.07) is 9.89. The first-order valence-electron chi connectivity index (χ1n) is 9.54. The van der Waals surface area contributed by atoms with Gasteiger partial charge in [0.25, 0.3) is 5.91 Å². The molecule has 8 nitrogen and oxygen atoms in total. The molecule has 0 unspecified atom stereocenters. The fourth-order valence-electron chi connectivity index (χ4n) is 4.07. The van der Waals surface area contributed by atoms with Crippen molar-refractivity contribution in [3.05, 3.63) is 36.5 Å². The van der Waals surface area contributed by atoms with Crippen molar-refractivity contribution in [1.29, 1.82) is 0 Å². The smallest absolute Gasteiger partial charge is 0.255 e. The molecule has 9 heteroatoms. The number of ether oxygens (including phenoxy) is 1. The number of benzene rings is 1. The van der Waals surface area contributed by atoms with E-state index in [-0.39, 0.29) is 5.91 Å². The number of rotatable bonds is 3. The second-order valence-corrected chi connectivity index (χ2v) is 7.93. The van der Waals surface area contributed by atoms with Crippen molar-refractivity contribution in [2.75, 3.05) is 36.6 Å². The van der Waals surface area contributed by atoms with E-state index in [0.29, 0.717) is 37.7 Å². The molecule has 0 bridgehead atoms. The summed E-state index contributed by atoms with van der Waals surface area (Å²) in [5.74, 6) is 1.35. The van der Waals surface area contributed by atoms with E-state index in [1.165, 1.54) is 11.5 Å². The van der Waals surface area contributed by atoms with Gasteiger partial charge in [-0.15, -0.1) is 5.10 Å². The van der Waals surface area contributed by atoms with Crippen molar-refractivity contribution in [3.63, 3.8) is 0 Å². The molecule has 1 saturated heterocycles. The maximum Gasteiger partial charge on any atom is 0.255 e. The first-order valence-corrected chi connectivity index (χ1v) is 10.3. The zero-order chi connectivity index (χ0) is 20.0. The number of morpholine rings is 1. The summed E-state index contributed by atoms with van der Waals surface area (Å²) in [7, 11) is 1.78. The Morgan fingerprint density at radius 1 is 1.28 bits per heavy atom. The number of carbonyl (C=O) groups excluding carboxylic acids is 1. The first-order chi connectivity index (χ1) is 14.2. The predicted molar refractivity (Wildman–Crippen MR) is 111 cm³/mol. The van der Waals surface area contributed by atoms with Crippen LogP contribution in [0.4, 0.5) is 11.5 Å². The Morgan fingerprint density at radius 2 is 2.10 bits per heavy atom. The number of likely N-dealkylation sites (N-methyl/N-ethyl adjacent to an activating group) is 1. The number of nitrogens with zero attached hydrogens (tertiary/aromatic N) is 6. The van der Waals surface area contributed by atoms with Crippen LogP contribution in [0, 0.1) is 0 Å². The summed E-state index contributed by atoms with van der Waals surface area (Å²) in [6.07, 6.45) is 2.37. The molecular weight excluding hydrogens is 388 g/mol. The average Bonchev–Trinajstić information content (AvgIpc) is 3.27. The van der Waals surface area contributed by atoms with Gasteiger partial charge in [0.1, 0.15) is 21.8 Å². The van der Waals surface area contributed by atoms with Gasteiger partial charge in [-0.2, -0.15) is 0 Å². The zero-order valence-electron chi connectivity index (χ0n) is 16.2. The molecule has 2 aliphatic heterocycles. The number of hydrogen-bond donors (Lipinski definition) is 0. The van der Waals surface area contributed by atoms with Crippen LogP contribution in [0.2, 0.25) is 0 Å². The first kappa shape index (κ1) is 18.1. The Labute approximate surface area is 172 Å². The Morgan fingerprint density at radius 3 is 2.90 bits per heavy atom. The van der Waals surface area contributed by atoms with Crippen LogP contribution in [0.5, 0.6) is 0 Å². The average molecular weight is 408 g/mol. The van der Waals surface area contributed by atoms with Gasteiger partial charge in [0.05, 0.1) is 19.4 Å². The summed E-state index contributed by atoms with van der Waals surface area (Å²) >= 11 is 1.27. The molecule has 1 fully saturated rings. The van der Waals surface area contributed by atoms with Gasteiger partial charge in [-0.1, -0.05) is 41.7 Å². The maximum atomic E-state index is 13.2. The summed E-state index contributed by atoms with van der Waals surface area (Å²) < 4.78 is 9.83. The molecule has 2 aliphatic rings. The highest BCUT2D eigenvalue weighted by Gasteiger charge is 2.52. The van der Waals surface area contributed by atoms with Crippen molar-refractivity contribution >= 4 is 28.9 Å². The Balaban J connectivity index is 1.65. The molecule has 4 heterocycles. The number of amides is 1. The third-order valence-corrected chi connectivity index (χ3v) is 6.43. The molecule has 0 saturated carbocycles. The second-order valence-electron chi connectivity index (χ2n) is 7.17. The van der Waals surface area contributed by atoms with Crippen LogP contribution in [-0.4, -0.2) is 57.8 Å². The Bertz CT molecular complexity index is 1070. The molecule has 2 aromatic heterocycles. The molecule has 1 aromatic carbocycles. The molecule has 3 aromatic rings. The lowest BCUT2D eigenvalue weighted by Gasteiger charge is -2.51. The van der Waals surface area contributed by atoms with Crippen molar-refractivity contribution in [2.24, 2.45) is 0 Å².